The number of aromatic nitrogens is 1. The fourth-order valence-corrected chi connectivity index (χ4v) is 2.32. The van der Waals surface area contributed by atoms with E-state index in [0.717, 1.165) is 28.5 Å². The van der Waals surface area contributed by atoms with Crippen LogP contribution in [0.1, 0.15) is 19.7 Å². The van der Waals surface area contributed by atoms with E-state index in [1.54, 1.807) is 0 Å². The molecule has 0 bridgehead atoms. The van der Waals surface area contributed by atoms with Gasteiger partial charge in [-0.1, -0.05) is 13.8 Å². The molecule has 1 aromatic heterocycles. The number of fused-ring (bicyclic) bond motifs is 1. The molecule has 2 aromatic rings. The Morgan fingerprint density at radius 1 is 1.44 bits per heavy atom. The van der Waals surface area contributed by atoms with E-state index in [2.05, 4.69) is 18.8 Å². The molecule has 86 valence electrons. The van der Waals surface area contributed by atoms with E-state index in [9.17, 15) is 0 Å². The molecule has 4 heteroatoms. The molecule has 1 heterocycles. The van der Waals surface area contributed by atoms with Crippen LogP contribution in [0.15, 0.2) is 22.6 Å². The number of hydrogen-bond donors (Lipinski definition) is 1. The monoisotopic (exact) mass is 236 g/mol. The Morgan fingerprint density at radius 2 is 2.25 bits per heavy atom. The quantitative estimate of drug-likeness (QED) is 0.827. The maximum Gasteiger partial charge on any atom is 0.205 e. The van der Waals surface area contributed by atoms with Crippen LogP contribution in [-0.4, -0.2) is 10.7 Å². The van der Waals surface area contributed by atoms with Crippen molar-refractivity contribution in [2.45, 2.75) is 19.6 Å². The molecule has 0 spiro atoms. The maximum absolute atomic E-state index is 5.68. The van der Waals surface area contributed by atoms with Crippen molar-refractivity contribution in [3.05, 3.63) is 24.1 Å². The zero-order valence-electron chi connectivity index (χ0n) is 9.56. The molecular weight excluding hydrogens is 220 g/mol. The lowest BCUT2D eigenvalue weighted by molar-refractivity contribution is 0.556. The summed E-state index contributed by atoms with van der Waals surface area (Å²) in [4.78, 5) is 4.41. The molecule has 0 aliphatic rings. The average molecular weight is 236 g/mol. The predicted octanol–water partition coefficient (Wildman–Crippen LogP) is 3.30. The van der Waals surface area contributed by atoms with Crippen molar-refractivity contribution >= 4 is 28.5 Å². The first-order valence-electron chi connectivity index (χ1n) is 5.38. The first-order valence-corrected chi connectivity index (χ1v) is 6.53. The summed E-state index contributed by atoms with van der Waals surface area (Å²) < 4.78 is 5.62. The van der Waals surface area contributed by atoms with Gasteiger partial charge in [0.05, 0.1) is 5.75 Å². The van der Waals surface area contributed by atoms with Crippen LogP contribution < -0.4 is 5.73 Å². The number of thioether (sulfide) groups is 1. The standard InChI is InChI=1S/C12H16N2OS/c1-8(2)6-16-7-12-14-10-4-3-9(13)5-11(10)15-12/h3-5,8H,6-7,13H2,1-2H3. The van der Waals surface area contributed by atoms with Gasteiger partial charge in [0, 0.05) is 11.8 Å². The van der Waals surface area contributed by atoms with Crippen molar-refractivity contribution in [2.75, 3.05) is 11.5 Å². The molecule has 2 rings (SSSR count). The normalized spacial score (nSPS) is 11.4. The number of hydrogen-bond acceptors (Lipinski definition) is 4. The summed E-state index contributed by atoms with van der Waals surface area (Å²) in [5.41, 5.74) is 8.05. The smallest absolute Gasteiger partial charge is 0.205 e. The predicted molar refractivity (Wildman–Crippen MR) is 69.4 cm³/mol. The van der Waals surface area contributed by atoms with Crippen molar-refractivity contribution < 1.29 is 4.42 Å². The van der Waals surface area contributed by atoms with Gasteiger partial charge in [0.15, 0.2) is 5.58 Å². The third kappa shape index (κ3) is 2.70. The van der Waals surface area contributed by atoms with Crippen molar-refractivity contribution in [3.8, 4) is 0 Å². The maximum atomic E-state index is 5.68. The molecule has 16 heavy (non-hydrogen) atoms. The number of anilines is 1. The lowest BCUT2D eigenvalue weighted by atomic mass is 10.3. The zero-order valence-corrected chi connectivity index (χ0v) is 10.4. The number of nitrogens with two attached hydrogens (primary N) is 1. The molecule has 3 nitrogen and oxygen atoms in total. The Kier molecular flexibility index (Phi) is 3.39. The summed E-state index contributed by atoms with van der Waals surface area (Å²) in [6.45, 7) is 4.42. The summed E-state index contributed by atoms with van der Waals surface area (Å²) in [6, 6.07) is 5.56. The van der Waals surface area contributed by atoms with Gasteiger partial charge in [-0.05, 0) is 23.8 Å². The largest absolute Gasteiger partial charge is 0.440 e. The third-order valence-electron chi connectivity index (χ3n) is 2.13. The molecule has 0 unspecified atom stereocenters. The lowest BCUT2D eigenvalue weighted by Gasteiger charge is -2.00. The molecule has 0 aliphatic heterocycles. The average Bonchev–Trinajstić information content (AvgIpc) is 2.58. The molecule has 1 aromatic carbocycles. The first-order chi connectivity index (χ1) is 7.65. The van der Waals surface area contributed by atoms with Crippen LogP contribution in [0.2, 0.25) is 0 Å². The minimum Gasteiger partial charge on any atom is -0.440 e. The highest BCUT2D eigenvalue weighted by atomic mass is 32.2. The van der Waals surface area contributed by atoms with Gasteiger partial charge in [-0.3, -0.25) is 0 Å². The second kappa shape index (κ2) is 4.78. The van der Waals surface area contributed by atoms with Crippen molar-refractivity contribution in [1.82, 2.24) is 4.98 Å². The minimum absolute atomic E-state index is 0.699. The van der Waals surface area contributed by atoms with Crippen molar-refractivity contribution in [1.29, 1.82) is 0 Å². The van der Waals surface area contributed by atoms with E-state index < -0.39 is 0 Å². The Hall–Kier alpha value is -1.16. The van der Waals surface area contributed by atoms with Gasteiger partial charge in [0.2, 0.25) is 5.89 Å². The Bertz CT molecular complexity index is 479. The Labute approximate surface area is 99.4 Å². The number of nitrogen functional groups attached to an aromatic ring is 1. The first kappa shape index (κ1) is 11.3. The van der Waals surface area contributed by atoms with Crippen LogP contribution in [0.25, 0.3) is 11.1 Å². The molecule has 2 N–H and O–H groups in total. The van der Waals surface area contributed by atoms with Crippen molar-refractivity contribution in [2.24, 2.45) is 5.92 Å². The summed E-state index contributed by atoms with van der Waals surface area (Å²) in [6.07, 6.45) is 0. The summed E-state index contributed by atoms with van der Waals surface area (Å²) in [5, 5.41) is 0. The minimum atomic E-state index is 0.699. The van der Waals surface area contributed by atoms with Gasteiger partial charge < -0.3 is 10.2 Å². The molecule has 0 amide bonds. The van der Waals surface area contributed by atoms with Crippen LogP contribution in [-0.2, 0) is 5.75 Å². The van der Waals surface area contributed by atoms with Crippen LogP contribution in [0.5, 0.6) is 0 Å². The second-order valence-electron chi connectivity index (χ2n) is 4.24. The summed E-state index contributed by atoms with van der Waals surface area (Å²) in [5.74, 6) is 3.43. The van der Waals surface area contributed by atoms with Gasteiger partial charge in [-0.2, -0.15) is 11.8 Å². The SMILES string of the molecule is CC(C)CSCc1nc2ccc(N)cc2o1. The van der Waals surface area contributed by atoms with Gasteiger partial charge >= 0.3 is 0 Å². The lowest BCUT2D eigenvalue weighted by Crippen LogP contribution is -1.91. The Morgan fingerprint density at radius 3 is 3.00 bits per heavy atom. The van der Waals surface area contributed by atoms with Gasteiger partial charge in [0.1, 0.15) is 5.52 Å². The van der Waals surface area contributed by atoms with E-state index in [-0.39, 0.29) is 0 Å². The molecule has 0 saturated carbocycles. The molecule has 0 atom stereocenters. The summed E-state index contributed by atoms with van der Waals surface area (Å²) in [7, 11) is 0. The highest BCUT2D eigenvalue weighted by Crippen LogP contribution is 2.21. The highest BCUT2D eigenvalue weighted by Gasteiger charge is 2.06. The Balaban J connectivity index is 2.08. The van der Waals surface area contributed by atoms with E-state index in [0.29, 0.717) is 11.6 Å². The highest BCUT2D eigenvalue weighted by molar-refractivity contribution is 7.98. The molecule has 0 saturated heterocycles. The van der Waals surface area contributed by atoms with E-state index in [4.69, 9.17) is 10.2 Å². The van der Waals surface area contributed by atoms with Crippen molar-refractivity contribution in [3.63, 3.8) is 0 Å². The zero-order chi connectivity index (χ0) is 11.5. The fraction of sp³-hybridized carbons (Fsp3) is 0.417. The second-order valence-corrected chi connectivity index (χ2v) is 5.27. The summed E-state index contributed by atoms with van der Waals surface area (Å²) >= 11 is 1.85. The van der Waals surface area contributed by atoms with Crippen LogP contribution in [0.3, 0.4) is 0 Å². The number of benzene rings is 1. The molecule has 0 fully saturated rings. The fourth-order valence-electron chi connectivity index (χ4n) is 1.43. The molecule has 0 radical (unpaired) electrons. The van der Waals surface area contributed by atoms with Gasteiger partial charge in [-0.25, -0.2) is 4.98 Å². The van der Waals surface area contributed by atoms with Crippen LogP contribution in [0.4, 0.5) is 5.69 Å². The third-order valence-corrected chi connectivity index (χ3v) is 3.49. The van der Waals surface area contributed by atoms with Gasteiger partial charge in [-0.15, -0.1) is 0 Å². The molecule has 0 aliphatic carbocycles. The van der Waals surface area contributed by atoms with Crippen LogP contribution in [0, 0.1) is 5.92 Å². The molecular formula is C12H16N2OS. The topological polar surface area (TPSA) is 52.0 Å². The van der Waals surface area contributed by atoms with E-state index in [1.807, 2.05) is 30.0 Å². The number of nitrogens with zero attached hydrogens (tertiary/aromatic N) is 1. The number of oxazole rings is 1. The number of rotatable bonds is 4. The van der Waals surface area contributed by atoms with E-state index in [1.165, 1.54) is 0 Å². The van der Waals surface area contributed by atoms with E-state index >= 15 is 0 Å². The van der Waals surface area contributed by atoms with Crippen LogP contribution >= 0.6 is 11.8 Å². The van der Waals surface area contributed by atoms with Gasteiger partial charge in [0.25, 0.3) is 0 Å².